The first-order valence-corrected chi connectivity index (χ1v) is 9.86. The third-order valence-corrected chi connectivity index (χ3v) is 5.14. The number of amides is 1. The standard InChI is InChI=1S/C21H22ClN5O/c22-19-11-17(21(28)26-9-5-2-6-10-26)14-24-20(19)23-12-16-13-25-27(15-16)18-7-3-1-4-8-18/h1,3-4,7-8,11,13-15H,2,5-6,9-10,12H2,(H,23,24). The number of likely N-dealkylation sites (tertiary alicyclic amines) is 1. The Hall–Kier alpha value is -2.86. The average Bonchev–Trinajstić information content (AvgIpc) is 3.23. The molecule has 1 aromatic carbocycles. The van der Waals surface area contributed by atoms with Gasteiger partial charge in [0, 0.05) is 37.6 Å². The molecular formula is C21H22ClN5O. The van der Waals surface area contributed by atoms with Crippen LogP contribution >= 0.6 is 11.6 Å². The van der Waals surface area contributed by atoms with Crippen LogP contribution < -0.4 is 5.32 Å². The van der Waals surface area contributed by atoms with Crippen molar-refractivity contribution in [2.75, 3.05) is 18.4 Å². The number of benzene rings is 1. The molecule has 1 N–H and O–H groups in total. The number of anilines is 1. The number of hydrogen-bond donors (Lipinski definition) is 1. The van der Waals surface area contributed by atoms with Crippen LogP contribution in [0, 0.1) is 0 Å². The summed E-state index contributed by atoms with van der Waals surface area (Å²) >= 11 is 6.36. The van der Waals surface area contributed by atoms with E-state index in [-0.39, 0.29) is 5.91 Å². The Morgan fingerprint density at radius 2 is 1.89 bits per heavy atom. The van der Waals surface area contributed by atoms with Crippen molar-refractivity contribution < 1.29 is 4.79 Å². The Morgan fingerprint density at radius 3 is 2.64 bits per heavy atom. The van der Waals surface area contributed by atoms with Crippen molar-refractivity contribution in [2.24, 2.45) is 0 Å². The first-order chi connectivity index (χ1) is 13.7. The highest BCUT2D eigenvalue weighted by Crippen LogP contribution is 2.22. The van der Waals surface area contributed by atoms with Crippen LogP contribution in [0.15, 0.2) is 55.0 Å². The van der Waals surface area contributed by atoms with Crippen LogP contribution in [0.2, 0.25) is 5.02 Å². The molecule has 28 heavy (non-hydrogen) atoms. The predicted octanol–water partition coefficient (Wildman–Crippen LogP) is 4.16. The van der Waals surface area contributed by atoms with Crippen LogP contribution in [0.1, 0.15) is 35.2 Å². The maximum absolute atomic E-state index is 12.6. The van der Waals surface area contributed by atoms with E-state index in [0.717, 1.165) is 37.2 Å². The molecule has 1 fully saturated rings. The van der Waals surface area contributed by atoms with E-state index in [0.29, 0.717) is 22.9 Å². The van der Waals surface area contributed by atoms with Gasteiger partial charge in [0.25, 0.3) is 5.91 Å². The third kappa shape index (κ3) is 4.17. The molecule has 0 radical (unpaired) electrons. The van der Waals surface area contributed by atoms with Crippen molar-refractivity contribution in [3.8, 4) is 5.69 Å². The highest BCUT2D eigenvalue weighted by Gasteiger charge is 2.19. The van der Waals surface area contributed by atoms with E-state index >= 15 is 0 Å². The Labute approximate surface area is 169 Å². The average molecular weight is 396 g/mol. The van der Waals surface area contributed by atoms with E-state index in [1.54, 1.807) is 12.3 Å². The summed E-state index contributed by atoms with van der Waals surface area (Å²) in [4.78, 5) is 18.8. The summed E-state index contributed by atoms with van der Waals surface area (Å²) in [5.41, 5.74) is 2.55. The zero-order valence-corrected chi connectivity index (χ0v) is 16.3. The summed E-state index contributed by atoms with van der Waals surface area (Å²) in [6.45, 7) is 2.16. The minimum atomic E-state index is 0.00443. The summed E-state index contributed by atoms with van der Waals surface area (Å²) in [5, 5.41) is 8.04. The minimum absolute atomic E-state index is 0.00443. The number of aromatic nitrogens is 3. The molecule has 0 atom stereocenters. The molecule has 1 aliphatic heterocycles. The van der Waals surface area contributed by atoms with Crippen LogP contribution in [0.4, 0.5) is 5.82 Å². The van der Waals surface area contributed by atoms with Gasteiger partial charge in [0.1, 0.15) is 5.82 Å². The van der Waals surface area contributed by atoms with E-state index in [2.05, 4.69) is 15.4 Å². The molecule has 0 aliphatic carbocycles. The van der Waals surface area contributed by atoms with E-state index in [9.17, 15) is 4.79 Å². The van der Waals surface area contributed by atoms with Crippen LogP contribution in [-0.4, -0.2) is 38.7 Å². The molecule has 0 unspecified atom stereocenters. The van der Waals surface area contributed by atoms with Crippen molar-refractivity contribution in [2.45, 2.75) is 25.8 Å². The van der Waals surface area contributed by atoms with Gasteiger partial charge in [-0.2, -0.15) is 5.10 Å². The van der Waals surface area contributed by atoms with Crippen molar-refractivity contribution in [1.29, 1.82) is 0 Å². The van der Waals surface area contributed by atoms with Gasteiger partial charge < -0.3 is 10.2 Å². The summed E-state index contributed by atoms with van der Waals surface area (Å²) in [6, 6.07) is 11.6. The number of carbonyl (C=O) groups is 1. The molecular weight excluding hydrogens is 374 g/mol. The molecule has 0 saturated carbocycles. The fraction of sp³-hybridized carbons (Fsp3) is 0.286. The second-order valence-electron chi connectivity index (χ2n) is 6.89. The van der Waals surface area contributed by atoms with Crippen molar-refractivity contribution in [1.82, 2.24) is 19.7 Å². The maximum Gasteiger partial charge on any atom is 0.255 e. The predicted molar refractivity (Wildman–Crippen MR) is 110 cm³/mol. The zero-order valence-electron chi connectivity index (χ0n) is 15.5. The molecule has 1 aliphatic rings. The third-order valence-electron chi connectivity index (χ3n) is 4.85. The zero-order chi connectivity index (χ0) is 19.3. The normalized spacial score (nSPS) is 14.1. The molecule has 3 heterocycles. The fourth-order valence-electron chi connectivity index (χ4n) is 3.32. The molecule has 0 spiro atoms. The number of nitrogens with one attached hydrogen (secondary N) is 1. The highest BCUT2D eigenvalue weighted by molar-refractivity contribution is 6.33. The van der Waals surface area contributed by atoms with Gasteiger partial charge >= 0.3 is 0 Å². The van der Waals surface area contributed by atoms with E-state index < -0.39 is 0 Å². The number of rotatable bonds is 5. The van der Waals surface area contributed by atoms with Gasteiger partial charge in [-0.3, -0.25) is 4.79 Å². The number of hydrogen-bond acceptors (Lipinski definition) is 4. The number of nitrogens with zero attached hydrogens (tertiary/aromatic N) is 4. The van der Waals surface area contributed by atoms with Gasteiger partial charge in [0.2, 0.25) is 0 Å². The number of piperidine rings is 1. The van der Waals surface area contributed by atoms with E-state index in [1.807, 2.05) is 52.3 Å². The van der Waals surface area contributed by atoms with Gasteiger partial charge in [-0.1, -0.05) is 29.8 Å². The second kappa shape index (κ2) is 8.44. The monoisotopic (exact) mass is 395 g/mol. The van der Waals surface area contributed by atoms with Crippen LogP contribution in [0.5, 0.6) is 0 Å². The SMILES string of the molecule is O=C(c1cnc(NCc2cnn(-c3ccccc3)c2)c(Cl)c1)N1CCCCC1. The van der Waals surface area contributed by atoms with E-state index in [1.165, 1.54) is 6.42 Å². The summed E-state index contributed by atoms with van der Waals surface area (Å²) in [6.07, 6.45) is 8.67. The number of halogens is 1. The number of pyridine rings is 1. The second-order valence-corrected chi connectivity index (χ2v) is 7.30. The van der Waals surface area contributed by atoms with Gasteiger partial charge in [-0.15, -0.1) is 0 Å². The largest absolute Gasteiger partial charge is 0.365 e. The van der Waals surface area contributed by atoms with Gasteiger partial charge in [0.05, 0.1) is 22.5 Å². The lowest BCUT2D eigenvalue weighted by molar-refractivity contribution is 0.0724. The van der Waals surface area contributed by atoms with Crippen LogP contribution in [-0.2, 0) is 6.54 Å². The van der Waals surface area contributed by atoms with E-state index in [4.69, 9.17) is 11.6 Å². The quantitative estimate of drug-likeness (QED) is 0.704. The van der Waals surface area contributed by atoms with Gasteiger partial charge in [0.15, 0.2) is 0 Å². The molecule has 4 rings (SSSR count). The molecule has 7 heteroatoms. The Kier molecular flexibility index (Phi) is 5.58. The lowest BCUT2D eigenvalue weighted by atomic mass is 10.1. The number of carbonyl (C=O) groups excluding carboxylic acids is 1. The fourth-order valence-corrected chi connectivity index (χ4v) is 3.56. The van der Waals surface area contributed by atoms with Gasteiger partial charge in [-0.25, -0.2) is 9.67 Å². The first-order valence-electron chi connectivity index (χ1n) is 9.48. The van der Waals surface area contributed by atoms with Crippen molar-refractivity contribution in [3.05, 3.63) is 71.1 Å². The van der Waals surface area contributed by atoms with Gasteiger partial charge in [-0.05, 0) is 37.5 Å². The molecule has 6 nitrogen and oxygen atoms in total. The summed E-state index contributed by atoms with van der Waals surface area (Å²) in [5.74, 6) is 0.564. The smallest absolute Gasteiger partial charge is 0.255 e. The lowest BCUT2D eigenvalue weighted by Crippen LogP contribution is -2.35. The molecule has 144 valence electrons. The lowest BCUT2D eigenvalue weighted by Gasteiger charge is -2.26. The Balaban J connectivity index is 1.40. The Morgan fingerprint density at radius 1 is 1.11 bits per heavy atom. The molecule has 3 aromatic rings. The van der Waals surface area contributed by atoms with Crippen molar-refractivity contribution >= 4 is 23.3 Å². The topological polar surface area (TPSA) is 63.1 Å². The van der Waals surface area contributed by atoms with Crippen LogP contribution in [0.25, 0.3) is 5.69 Å². The molecule has 2 aromatic heterocycles. The summed E-state index contributed by atoms with van der Waals surface area (Å²) < 4.78 is 1.83. The minimum Gasteiger partial charge on any atom is -0.365 e. The Bertz CT molecular complexity index is 950. The number of para-hydroxylation sites is 1. The molecule has 1 saturated heterocycles. The molecule has 0 bridgehead atoms. The van der Waals surface area contributed by atoms with Crippen LogP contribution in [0.3, 0.4) is 0 Å². The highest BCUT2D eigenvalue weighted by atomic mass is 35.5. The maximum atomic E-state index is 12.6. The first kappa shape index (κ1) is 18.5. The van der Waals surface area contributed by atoms with Crippen molar-refractivity contribution in [3.63, 3.8) is 0 Å². The summed E-state index contributed by atoms with van der Waals surface area (Å²) in [7, 11) is 0. The molecule has 1 amide bonds.